The largest absolute Gasteiger partial charge is 0.432 e. The smallest absolute Gasteiger partial charge is 0.383 e. The normalized spacial score (nSPS) is 22.2. The predicted octanol–water partition coefficient (Wildman–Crippen LogP) is 7.24. The van der Waals surface area contributed by atoms with E-state index in [0.29, 0.717) is 18.8 Å². The Morgan fingerprint density at radius 2 is 1.13 bits per heavy atom. The number of nitrogens with two attached hydrogens (primary N) is 4. The number of nitrogen functional groups attached to an aromatic ring is 2. The van der Waals surface area contributed by atoms with Crippen molar-refractivity contribution in [2.75, 3.05) is 68.8 Å². The van der Waals surface area contributed by atoms with Crippen molar-refractivity contribution in [3.63, 3.8) is 0 Å². The number of benzene rings is 3. The lowest BCUT2D eigenvalue weighted by Crippen LogP contribution is -2.48. The lowest BCUT2D eigenvalue weighted by molar-refractivity contribution is -0.124. The average molecular weight is 1520 g/mol. The van der Waals surface area contributed by atoms with Gasteiger partial charge in [-0.2, -0.15) is 9.97 Å². The Morgan fingerprint density at radius 3 is 1.51 bits per heavy atom. The standard InChI is InChI=1S/C21H29N4O7P.C15H22NO3PS.C12H18N2O.C11H18N5O7P.C2H4ClOPS/c1-14(11-21(2,3)15-7-5-4-6-8-15)19(26)24-33(28,29)31-13-18-30-12-17(32-18)25-10-9-16(22)23-20(25)27;1-12(14(17)11-20(18)19-9-10-21-20)16-15(2,3)13-7-5-4-6-8-13;1-9(11(13)15)14-12(2,3)10-7-5-4-6-8-10;1-6(12)10(17)15-24(19,20)22-5-9-21-4-8(23-9)16-3-2-7(13)14-11(16)18;3-5-4-1-2-6-5/h4-10,14,17-18H,11-13H2,1-3H3,(H2,22,23,27)(H2,24,26,28,29);4-8,12,16H,9-11H2,1-3H3;4-9,14H,1-3H3,(H2,13,15);2-3,6,8-9H,4-5,12H2,1H3,(H2,13,14,18)(H2,15,17,19,20);1-2H2/t14-,17+,18+;12-,20?;9-;6-,8-,9-;/m1000./s1. The quantitative estimate of drug-likeness (QED) is 0.0257. The molecule has 99 heavy (non-hydrogen) atoms. The minimum atomic E-state index is -4.46. The van der Waals surface area contributed by atoms with Gasteiger partial charge in [0, 0.05) is 40.9 Å². The summed E-state index contributed by atoms with van der Waals surface area (Å²) in [5.41, 5.74) is 22.5. The Labute approximate surface area is 589 Å². The number of Topliss-reactive ketones (excluding diaryl/α,β-unsaturated/α-hetero) is 1. The second kappa shape index (κ2) is 38.8. The Balaban J connectivity index is 0.000000238. The van der Waals surface area contributed by atoms with Gasteiger partial charge in [-0.3, -0.25) is 62.7 Å². The van der Waals surface area contributed by atoms with Crippen LogP contribution in [0, 0.1) is 5.92 Å². The molecule has 38 heteroatoms. The lowest BCUT2D eigenvalue weighted by Gasteiger charge is -2.30. The number of hydrogen-bond donors (Lipinski definition) is 10. The van der Waals surface area contributed by atoms with E-state index in [1.807, 2.05) is 139 Å². The molecular formula is C61H91ClN12O19P4S2. The van der Waals surface area contributed by atoms with Crippen LogP contribution in [-0.2, 0) is 86.4 Å². The number of ether oxygens (including phenoxy) is 4. The first-order chi connectivity index (χ1) is 46.3. The number of rotatable bonds is 25. The summed E-state index contributed by atoms with van der Waals surface area (Å²) in [7, 11) is -8.86. The summed E-state index contributed by atoms with van der Waals surface area (Å²) >= 11 is 8.51. The maximum Gasteiger partial charge on any atom is 0.432 e. The number of halogens is 1. The zero-order valence-electron chi connectivity index (χ0n) is 56.6. The number of primary amides is 1. The van der Waals surface area contributed by atoms with E-state index >= 15 is 0 Å². The number of nitrogens with zero attached hydrogens (tertiary/aromatic N) is 4. The van der Waals surface area contributed by atoms with Gasteiger partial charge in [0.2, 0.25) is 17.7 Å². The zero-order chi connectivity index (χ0) is 73.5. The molecule has 14 N–H and O–H groups in total. The summed E-state index contributed by atoms with van der Waals surface area (Å²) < 4.78 is 80.0. The van der Waals surface area contributed by atoms with Gasteiger partial charge in [-0.25, -0.2) is 18.7 Å². The first-order valence-electron chi connectivity index (χ1n) is 31.0. The van der Waals surface area contributed by atoms with Crippen molar-refractivity contribution < 1.29 is 79.7 Å². The molecule has 6 heterocycles. The van der Waals surface area contributed by atoms with E-state index in [0.717, 1.165) is 33.6 Å². The summed E-state index contributed by atoms with van der Waals surface area (Å²) in [5, 5.41) is 10.4. The van der Waals surface area contributed by atoms with E-state index in [1.54, 1.807) is 30.3 Å². The molecule has 0 saturated carbocycles. The highest BCUT2D eigenvalue weighted by Gasteiger charge is 2.38. The summed E-state index contributed by atoms with van der Waals surface area (Å²) in [6, 6.07) is 30.9. The van der Waals surface area contributed by atoms with Gasteiger partial charge < -0.3 is 60.7 Å². The maximum absolute atomic E-state index is 12.5. The molecule has 31 nitrogen and oxygen atoms in total. The predicted molar refractivity (Wildman–Crippen MR) is 381 cm³/mol. The molecule has 4 fully saturated rings. The van der Waals surface area contributed by atoms with Crippen molar-refractivity contribution in [2.24, 2.45) is 17.4 Å². The molecule has 5 aromatic rings. The van der Waals surface area contributed by atoms with E-state index in [2.05, 4.69) is 25.7 Å². The van der Waals surface area contributed by atoms with Gasteiger partial charge in [-0.05, 0) is 89.1 Å². The number of ketones is 1. The van der Waals surface area contributed by atoms with Gasteiger partial charge in [-0.15, -0.1) is 0 Å². The highest BCUT2D eigenvalue weighted by atomic mass is 35.7. The maximum atomic E-state index is 12.5. The minimum absolute atomic E-state index is 0.00144. The van der Waals surface area contributed by atoms with Gasteiger partial charge >= 0.3 is 26.9 Å². The number of carbonyl (C=O) groups excluding carboxylic acids is 4. The van der Waals surface area contributed by atoms with Crippen LogP contribution in [0.25, 0.3) is 0 Å². The number of aromatic nitrogens is 4. The summed E-state index contributed by atoms with van der Waals surface area (Å²) in [5.74, 6) is -0.443. The van der Waals surface area contributed by atoms with Gasteiger partial charge in [0.1, 0.15) is 24.8 Å². The second-order valence-corrected chi connectivity index (χ2v) is 37.0. The van der Waals surface area contributed by atoms with E-state index < -0.39 is 102 Å². The molecule has 0 spiro atoms. The van der Waals surface area contributed by atoms with Gasteiger partial charge in [0.25, 0.3) is 6.57 Å². The van der Waals surface area contributed by atoms with E-state index in [-0.39, 0.29) is 71.3 Å². The molecule has 4 aliphatic rings. The highest BCUT2D eigenvalue weighted by molar-refractivity contribution is 8.61. The highest BCUT2D eigenvalue weighted by Crippen LogP contribution is 2.63. The molecule has 0 radical (unpaired) electrons. The molecule has 4 unspecified atom stereocenters. The number of amides is 3. The van der Waals surface area contributed by atoms with Crippen LogP contribution in [0.15, 0.2) is 125 Å². The van der Waals surface area contributed by atoms with Crippen LogP contribution >= 0.6 is 62.8 Å². The fraction of sp³-hybridized carbons (Fsp3) is 0.508. The van der Waals surface area contributed by atoms with E-state index in [4.69, 9.17) is 71.2 Å². The molecular weight excluding hydrogens is 1430 g/mol. The van der Waals surface area contributed by atoms with Crippen LogP contribution in [0.2, 0.25) is 0 Å². The molecule has 12 atom stereocenters. The molecule has 0 bridgehead atoms. The van der Waals surface area contributed by atoms with Crippen LogP contribution in [-0.4, -0.2) is 140 Å². The third kappa shape index (κ3) is 28.8. The topological polar surface area (TPSA) is 456 Å². The molecule has 4 saturated heterocycles. The van der Waals surface area contributed by atoms with Crippen molar-refractivity contribution in [3.8, 4) is 0 Å². The zero-order valence-corrected chi connectivity index (χ0v) is 62.5. The fourth-order valence-electron chi connectivity index (χ4n) is 9.56. The van der Waals surface area contributed by atoms with Crippen LogP contribution in [0.3, 0.4) is 0 Å². The van der Waals surface area contributed by atoms with Crippen molar-refractivity contribution in [1.82, 2.24) is 39.9 Å². The van der Waals surface area contributed by atoms with E-state index in [1.165, 1.54) is 47.4 Å². The Kier molecular flexibility index (Phi) is 33.1. The lowest BCUT2D eigenvalue weighted by atomic mass is 9.77. The van der Waals surface area contributed by atoms with Gasteiger partial charge in [-0.1, -0.05) is 146 Å². The molecule has 548 valence electrons. The number of hydrogen-bond acceptors (Lipinski definition) is 26. The average Bonchev–Trinajstić information content (AvgIpc) is 1.77. The Morgan fingerprint density at radius 1 is 0.697 bits per heavy atom. The number of carbonyl (C=O) groups is 4. The van der Waals surface area contributed by atoms with Crippen LogP contribution in [0.5, 0.6) is 0 Å². The fourth-order valence-corrected chi connectivity index (χ4v) is 18.0. The van der Waals surface area contributed by atoms with Gasteiger partial charge in [0.05, 0.1) is 50.7 Å². The molecule has 3 aromatic carbocycles. The monoisotopic (exact) mass is 1520 g/mol. The minimum Gasteiger partial charge on any atom is -0.383 e. The Bertz CT molecular complexity index is 3690. The first-order valence-corrected chi connectivity index (χ1v) is 41.3. The molecule has 4 aliphatic heterocycles. The van der Waals surface area contributed by atoms with E-state index in [9.17, 15) is 52.2 Å². The Hall–Kier alpha value is -5.31. The van der Waals surface area contributed by atoms with Crippen molar-refractivity contribution >= 4 is 97.9 Å². The van der Waals surface area contributed by atoms with Crippen molar-refractivity contribution in [2.45, 2.75) is 135 Å². The number of anilines is 2. The third-order valence-electron chi connectivity index (χ3n) is 14.8. The van der Waals surface area contributed by atoms with Crippen molar-refractivity contribution in [3.05, 3.63) is 153 Å². The SMILES string of the molecule is C[C@H](CC(C)(C)c1ccccc1)C(=O)NP(=O)(O)OC[C@H]1OC[C@@H](n2ccc(N)nc2=O)O1.C[C@H](N)C(=O)NP(=O)(O)OC[C@H]1OC[C@@H](n2ccc(N)nc2=O)O1.C[C@H](NC(C)(C)c1ccccc1)C(=O)CP1(=O)OCCS1.C[C@H](NC(C)(C)c1ccccc1)C(N)=O.ClP1OCCS1. The molecule has 2 aromatic heterocycles. The molecule has 0 aliphatic carbocycles. The molecule has 9 rings (SSSR count). The summed E-state index contributed by atoms with van der Waals surface area (Å²) in [6.07, 6.45) is -0.305. The number of nitrogens with one attached hydrogen (secondary N) is 4. The summed E-state index contributed by atoms with van der Waals surface area (Å²) in [4.78, 5) is 97.4. The summed E-state index contributed by atoms with van der Waals surface area (Å²) in [6.45, 7) is 15.9. The van der Waals surface area contributed by atoms with Crippen LogP contribution in [0.1, 0.15) is 105 Å². The first kappa shape index (κ1) is 84.3. The second-order valence-electron chi connectivity index (χ2n) is 24.4. The van der Waals surface area contributed by atoms with Crippen LogP contribution < -0.4 is 55.1 Å². The van der Waals surface area contributed by atoms with Crippen molar-refractivity contribution in [1.29, 1.82) is 0 Å². The molecule has 3 amide bonds. The van der Waals surface area contributed by atoms with Crippen LogP contribution in [0.4, 0.5) is 11.6 Å². The van der Waals surface area contributed by atoms with Gasteiger partial charge in [0.15, 0.2) is 37.5 Å². The third-order valence-corrected chi connectivity index (χ3v) is 24.9.